The molecule has 0 unspecified atom stereocenters. The number of fused-ring (bicyclic) bond motifs is 3. The third-order valence-electron chi connectivity index (χ3n) is 3.99. The first kappa shape index (κ1) is 14.9. The first-order valence-corrected chi connectivity index (χ1v) is 7.65. The van der Waals surface area contributed by atoms with Gasteiger partial charge in [-0.3, -0.25) is 4.98 Å². The number of aromatic nitrogens is 2. The summed E-state index contributed by atoms with van der Waals surface area (Å²) in [6.45, 7) is 0. The SMILES string of the molecule is Nc1cccc(Nc2nc3cc(C(=O)O)ccc3c3cnccc23)c1. The number of carbonyl (C=O) groups is 1. The summed E-state index contributed by atoms with van der Waals surface area (Å²) in [5.74, 6) is -0.363. The molecule has 2 aromatic heterocycles. The number of nitrogens with one attached hydrogen (secondary N) is 1. The number of hydrogen-bond donors (Lipinski definition) is 3. The monoisotopic (exact) mass is 330 g/mol. The van der Waals surface area contributed by atoms with Crippen molar-refractivity contribution >= 4 is 44.8 Å². The molecule has 122 valence electrons. The van der Waals surface area contributed by atoms with Gasteiger partial charge in [0.15, 0.2) is 0 Å². The fraction of sp³-hybridized carbons (Fsp3) is 0. The summed E-state index contributed by atoms with van der Waals surface area (Å²) >= 11 is 0. The minimum Gasteiger partial charge on any atom is -0.478 e. The fourth-order valence-electron chi connectivity index (χ4n) is 2.83. The zero-order valence-electron chi connectivity index (χ0n) is 13.1. The molecule has 0 fully saturated rings. The second-order valence-corrected chi connectivity index (χ2v) is 5.67. The Morgan fingerprint density at radius 1 is 1.04 bits per heavy atom. The van der Waals surface area contributed by atoms with Crippen LogP contribution in [0.15, 0.2) is 60.9 Å². The number of aromatic carboxylic acids is 1. The van der Waals surface area contributed by atoms with E-state index in [2.05, 4.69) is 15.3 Å². The van der Waals surface area contributed by atoms with E-state index in [9.17, 15) is 9.90 Å². The fourth-order valence-corrected chi connectivity index (χ4v) is 2.83. The van der Waals surface area contributed by atoms with Crippen LogP contribution in [0, 0.1) is 0 Å². The number of nitrogens with zero attached hydrogens (tertiary/aromatic N) is 2. The average molecular weight is 330 g/mol. The van der Waals surface area contributed by atoms with Crippen molar-refractivity contribution in [1.29, 1.82) is 0 Å². The van der Waals surface area contributed by atoms with Gasteiger partial charge in [0, 0.05) is 39.9 Å². The van der Waals surface area contributed by atoms with Crippen molar-refractivity contribution in [1.82, 2.24) is 9.97 Å². The van der Waals surface area contributed by atoms with Gasteiger partial charge >= 0.3 is 5.97 Å². The number of nitrogens with two attached hydrogens (primary N) is 1. The van der Waals surface area contributed by atoms with Gasteiger partial charge in [-0.15, -0.1) is 0 Å². The standard InChI is InChI=1S/C19H14N4O2/c20-12-2-1-3-13(9-12)22-18-15-6-7-21-10-16(15)14-5-4-11(19(24)25)8-17(14)23-18/h1-10H,20H2,(H,22,23)(H,24,25). The van der Waals surface area contributed by atoms with Gasteiger partial charge in [0.1, 0.15) is 5.82 Å². The molecule has 6 heteroatoms. The van der Waals surface area contributed by atoms with E-state index in [1.54, 1.807) is 36.7 Å². The van der Waals surface area contributed by atoms with Crippen LogP contribution in [0.4, 0.5) is 17.2 Å². The van der Waals surface area contributed by atoms with Crippen molar-refractivity contribution in [3.63, 3.8) is 0 Å². The maximum atomic E-state index is 11.3. The van der Waals surface area contributed by atoms with Crippen LogP contribution < -0.4 is 11.1 Å². The van der Waals surface area contributed by atoms with Gasteiger partial charge in [-0.1, -0.05) is 12.1 Å². The van der Waals surface area contributed by atoms with Crippen LogP contribution in [0.25, 0.3) is 21.7 Å². The molecule has 4 rings (SSSR count). The van der Waals surface area contributed by atoms with Crippen molar-refractivity contribution in [3.8, 4) is 0 Å². The molecule has 4 N–H and O–H groups in total. The molecule has 0 radical (unpaired) electrons. The molecule has 4 aromatic rings. The Balaban J connectivity index is 1.96. The normalized spacial score (nSPS) is 10.9. The molecule has 0 spiro atoms. The summed E-state index contributed by atoms with van der Waals surface area (Å²) in [4.78, 5) is 20.1. The molecule has 0 bridgehead atoms. The molecule has 0 aliphatic carbocycles. The van der Waals surface area contributed by atoms with Crippen LogP contribution in [0.3, 0.4) is 0 Å². The number of carboxylic acids is 1. The van der Waals surface area contributed by atoms with Crippen LogP contribution in [0.5, 0.6) is 0 Å². The number of nitrogen functional groups attached to an aromatic ring is 1. The van der Waals surface area contributed by atoms with Gasteiger partial charge in [-0.2, -0.15) is 0 Å². The quantitative estimate of drug-likeness (QED) is 0.390. The van der Waals surface area contributed by atoms with E-state index in [1.807, 2.05) is 24.3 Å². The molecule has 0 saturated heterocycles. The average Bonchev–Trinajstić information content (AvgIpc) is 2.61. The van der Waals surface area contributed by atoms with E-state index in [1.165, 1.54) is 0 Å². The van der Waals surface area contributed by atoms with Crippen LogP contribution in [0.2, 0.25) is 0 Å². The van der Waals surface area contributed by atoms with Crippen LogP contribution in [-0.2, 0) is 0 Å². The second kappa shape index (κ2) is 5.76. The molecular weight excluding hydrogens is 316 g/mol. The number of benzene rings is 2. The molecule has 25 heavy (non-hydrogen) atoms. The Morgan fingerprint density at radius 3 is 2.72 bits per heavy atom. The summed E-state index contributed by atoms with van der Waals surface area (Å²) in [7, 11) is 0. The lowest BCUT2D eigenvalue weighted by atomic mass is 10.1. The molecule has 2 aromatic carbocycles. The van der Waals surface area contributed by atoms with E-state index in [0.29, 0.717) is 17.0 Å². The van der Waals surface area contributed by atoms with Crippen molar-refractivity contribution in [3.05, 3.63) is 66.5 Å². The number of carboxylic acid groups (broad SMARTS) is 1. The highest BCUT2D eigenvalue weighted by atomic mass is 16.4. The van der Waals surface area contributed by atoms with E-state index in [-0.39, 0.29) is 5.56 Å². The predicted molar refractivity (Wildman–Crippen MR) is 98.1 cm³/mol. The smallest absolute Gasteiger partial charge is 0.335 e. The maximum absolute atomic E-state index is 11.3. The van der Waals surface area contributed by atoms with E-state index >= 15 is 0 Å². The summed E-state index contributed by atoms with van der Waals surface area (Å²) in [6.07, 6.45) is 3.45. The molecule has 2 heterocycles. The van der Waals surface area contributed by atoms with Crippen LogP contribution in [0.1, 0.15) is 10.4 Å². The molecular formula is C19H14N4O2. The highest BCUT2D eigenvalue weighted by molar-refractivity contribution is 6.11. The van der Waals surface area contributed by atoms with Crippen LogP contribution >= 0.6 is 0 Å². The number of anilines is 3. The zero-order valence-corrected chi connectivity index (χ0v) is 13.1. The minimum absolute atomic E-state index is 0.193. The van der Waals surface area contributed by atoms with Crippen molar-refractivity contribution in [2.24, 2.45) is 0 Å². The van der Waals surface area contributed by atoms with Crippen molar-refractivity contribution < 1.29 is 9.90 Å². The Bertz CT molecular complexity index is 1120. The van der Waals surface area contributed by atoms with E-state index in [4.69, 9.17) is 5.73 Å². The Morgan fingerprint density at radius 2 is 1.92 bits per heavy atom. The molecule has 0 amide bonds. The topological polar surface area (TPSA) is 101 Å². The Hall–Kier alpha value is -3.67. The third kappa shape index (κ3) is 2.70. The lowest BCUT2D eigenvalue weighted by Crippen LogP contribution is -1.99. The summed E-state index contributed by atoms with van der Waals surface area (Å²) in [6, 6.07) is 14.1. The first-order chi connectivity index (χ1) is 12.1. The van der Waals surface area contributed by atoms with Crippen molar-refractivity contribution in [2.75, 3.05) is 11.1 Å². The predicted octanol–water partition coefficient (Wildman–Crippen LogP) is 3.81. The number of pyridine rings is 2. The van der Waals surface area contributed by atoms with E-state index in [0.717, 1.165) is 21.8 Å². The second-order valence-electron chi connectivity index (χ2n) is 5.67. The molecule has 0 aliphatic heterocycles. The van der Waals surface area contributed by atoms with Gasteiger partial charge in [-0.25, -0.2) is 9.78 Å². The summed E-state index contributed by atoms with van der Waals surface area (Å²) in [5, 5.41) is 15.1. The molecule has 6 nitrogen and oxygen atoms in total. The number of rotatable bonds is 3. The van der Waals surface area contributed by atoms with Gasteiger partial charge < -0.3 is 16.2 Å². The first-order valence-electron chi connectivity index (χ1n) is 7.65. The molecule has 0 atom stereocenters. The Labute approximate surface area is 143 Å². The third-order valence-corrected chi connectivity index (χ3v) is 3.99. The summed E-state index contributed by atoms with van der Waals surface area (Å²) in [5.41, 5.74) is 8.06. The lowest BCUT2D eigenvalue weighted by molar-refractivity contribution is 0.0697. The highest BCUT2D eigenvalue weighted by Gasteiger charge is 2.11. The molecule has 0 saturated carbocycles. The highest BCUT2D eigenvalue weighted by Crippen LogP contribution is 2.31. The van der Waals surface area contributed by atoms with Gasteiger partial charge in [0.05, 0.1) is 11.1 Å². The van der Waals surface area contributed by atoms with E-state index < -0.39 is 5.97 Å². The van der Waals surface area contributed by atoms with Gasteiger partial charge in [-0.05, 0) is 36.4 Å². The maximum Gasteiger partial charge on any atom is 0.335 e. The summed E-state index contributed by atoms with van der Waals surface area (Å²) < 4.78 is 0. The zero-order chi connectivity index (χ0) is 17.4. The lowest BCUT2D eigenvalue weighted by Gasteiger charge is -2.12. The van der Waals surface area contributed by atoms with Gasteiger partial charge in [0.2, 0.25) is 0 Å². The minimum atomic E-state index is -0.986. The molecule has 0 aliphatic rings. The largest absolute Gasteiger partial charge is 0.478 e. The van der Waals surface area contributed by atoms with Crippen molar-refractivity contribution in [2.45, 2.75) is 0 Å². The van der Waals surface area contributed by atoms with Crippen LogP contribution in [-0.4, -0.2) is 21.0 Å². The Kier molecular flexibility index (Phi) is 3.43. The van der Waals surface area contributed by atoms with Gasteiger partial charge in [0.25, 0.3) is 0 Å². The number of hydrogen-bond acceptors (Lipinski definition) is 5.